The number of benzene rings is 1. The van der Waals surface area contributed by atoms with E-state index in [0.29, 0.717) is 16.5 Å². The summed E-state index contributed by atoms with van der Waals surface area (Å²) in [5.41, 5.74) is 0.669. The number of hydrogen-bond donors (Lipinski definition) is 1. The van der Waals surface area contributed by atoms with E-state index >= 15 is 0 Å². The van der Waals surface area contributed by atoms with Gasteiger partial charge in [0.05, 0.1) is 0 Å². The minimum absolute atomic E-state index is 0.0373. The minimum Gasteiger partial charge on any atom is -0.313 e. The quantitative estimate of drug-likeness (QED) is 0.787. The molecule has 0 fully saturated rings. The normalized spacial score (nSPS) is 14.6. The lowest BCUT2D eigenvalue weighted by Gasteiger charge is -2.21. The van der Waals surface area contributed by atoms with E-state index in [-0.39, 0.29) is 11.9 Å². The third-order valence-electron chi connectivity index (χ3n) is 3.10. The summed E-state index contributed by atoms with van der Waals surface area (Å²) in [7, 11) is 1.86. The summed E-state index contributed by atoms with van der Waals surface area (Å²) in [6.07, 6.45) is 3.26. The molecule has 0 aliphatic heterocycles. The molecule has 2 unspecified atom stereocenters. The highest BCUT2D eigenvalue weighted by Gasteiger charge is 2.17. The monoisotopic (exact) mass is 257 g/mol. The Bertz CT molecular complexity index is 354. The summed E-state index contributed by atoms with van der Waals surface area (Å²) in [4.78, 5) is 0. The fourth-order valence-electron chi connectivity index (χ4n) is 2.19. The van der Waals surface area contributed by atoms with Crippen molar-refractivity contribution in [2.75, 3.05) is 7.05 Å². The van der Waals surface area contributed by atoms with E-state index in [4.69, 9.17) is 11.6 Å². The molecule has 0 amide bonds. The van der Waals surface area contributed by atoms with Crippen molar-refractivity contribution in [3.63, 3.8) is 0 Å². The molecule has 0 saturated heterocycles. The van der Waals surface area contributed by atoms with Crippen LogP contribution < -0.4 is 5.32 Å². The van der Waals surface area contributed by atoms with Crippen molar-refractivity contribution in [1.29, 1.82) is 0 Å². The maximum atomic E-state index is 13.7. The molecule has 0 saturated carbocycles. The van der Waals surface area contributed by atoms with Gasteiger partial charge < -0.3 is 5.32 Å². The fraction of sp³-hybridized carbons (Fsp3) is 0.571. The largest absolute Gasteiger partial charge is 0.313 e. The number of rotatable bonds is 6. The SMILES string of the molecule is CCCC(C)CC(NC)c1cc(Cl)ccc1F. The molecule has 0 heterocycles. The predicted molar refractivity (Wildman–Crippen MR) is 71.9 cm³/mol. The Balaban J connectivity index is 2.82. The van der Waals surface area contributed by atoms with Gasteiger partial charge in [0.2, 0.25) is 0 Å². The molecule has 0 aromatic heterocycles. The van der Waals surface area contributed by atoms with Crippen LogP contribution in [-0.2, 0) is 0 Å². The zero-order valence-electron chi connectivity index (χ0n) is 10.8. The molecule has 0 aliphatic carbocycles. The first-order chi connectivity index (χ1) is 8.08. The summed E-state index contributed by atoms with van der Waals surface area (Å²) in [6.45, 7) is 4.38. The second-order valence-corrected chi connectivity index (χ2v) is 5.07. The van der Waals surface area contributed by atoms with Gasteiger partial charge in [-0.25, -0.2) is 4.39 Å². The Morgan fingerprint density at radius 1 is 1.41 bits per heavy atom. The maximum absolute atomic E-state index is 13.7. The van der Waals surface area contributed by atoms with Crippen LogP contribution in [0.1, 0.15) is 44.7 Å². The molecule has 2 atom stereocenters. The Kier molecular flexibility index (Phi) is 5.93. The first-order valence-corrected chi connectivity index (χ1v) is 6.58. The van der Waals surface area contributed by atoms with Gasteiger partial charge in [-0.2, -0.15) is 0 Å². The van der Waals surface area contributed by atoms with Crippen LogP contribution in [0.15, 0.2) is 18.2 Å². The van der Waals surface area contributed by atoms with E-state index < -0.39 is 0 Å². The smallest absolute Gasteiger partial charge is 0.128 e. The molecule has 1 aromatic carbocycles. The van der Waals surface area contributed by atoms with Gasteiger partial charge in [-0.1, -0.05) is 38.3 Å². The molecule has 0 bridgehead atoms. The van der Waals surface area contributed by atoms with Crippen LogP contribution in [0.3, 0.4) is 0 Å². The van der Waals surface area contributed by atoms with Gasteiger partial charge in [-0.15, -0.1) is 0 Å². The van der Waals surface area contributed by atoms with Crippen LogP contribution >= 0.6 is 11.6 Å². The zero-order valence-corrected chi connectivity index (χ0v) is 11.5. The number of hydrogen-bond acceptors (Lipinski definition) is 1. The number of nitrogens with one attached hydrogen (secondary N) is 1. The van der Waals surface area contributed by atoms with Crippen molar-refractivity contribution in [2.45, 2.75) is 39.2 Å². The molecule has 1 nitrogen and oxygen atoms in total. The van der Waals surface area contributed by atoms with Crippen molar-refractivity contribution in [3.8, 4) is 0 Å². The van der Waals surface area contributed by atoms with Crippen molar-refractivity contribution in [3.05, 3.63) is 34.6 Å². The van der Waals surface area contributed by atoms with Gasteiger partial charge in [0.25, 0.3) is 0 Å². The lowest BCUT2D eigenvalue weighted by Crippen LogP contribution is -2.20. The van der Waals surface area contributed by atoms with E-state index in [1.165, 1.54) is 12.5 Å². The molecule has 0 radical (unpaired) electrons. The van der Waals surface area contributed by atoms with Gasteiger partial charge in [0.1, 0.15) is 5.82 Å². The molecular weight excluding hydrogens is 237 g/mol. The summed E-state index contributed by atoms with van der Waals surface area (Å²) in [5, 5.41) is 3.76. The second-order valence-electron chi connectivity index (χ2n) is 4.64. The Labute approximate surface area is 108 Å². The first-order valence-electron chi connectivity index (χ1n) is 6.20. The van der Waals surface area contributed by atoms with Crippen molar-refractivity contribution >= 4 is 11.6 Å². The summed E-state index contributed by atoms with van der Waals surface area (Å²) in [6, 6.07) is 4.78. The highest BCUT2D eigenvalue weighted by molar-refractivity contribution is 6.30. The van der Waals surface area contributed by atoms with E-state index in [0.717, 1.165) is 12.8 Å². The van der Waals surface area contributed by atoms with E-state index in [1.54, 1.807) is 12.1 Å². The number of halogens is 2. The van der Waals surface area contributed by atoms with Gasteiger partial charge in [-0.05, 0) is 37.6 Å². The molecule has 17 heavy (non-hydrogen) atoms. The second kappa shape index (κ2) is 6.97. The zero-order chi connectivity index (χ0) is 12.8. The first kappa shape index (κ1) is 14.5. The lowest BCUT2D eigenvalue weighted by molar-refractivity contribution is 0.397. The van der Waals surface area contributed by atoms with Gasteiger partial charge in [0, 0.05) is 16.6 Å². The molecule has 1 N–H and O–H groups in total. The van der Waals surface area contributed by atoms with Gasteiger partial charge in [0.15, 0.2) is 0 Å². The Morgan fingerprint density at radius 2 is 2.12 bits per heavy atom. The van der Waals surface area contributed by atoms with Crippen molar-refractivity contribution in [2.24, 2.45) is 5.92 Å². The summed E-state index contributed by atoms with van der Waals surface area (Å²) >= 11 is 5.92. The minimum atomic E-state index is -0.183. The summed E-state index contributed by atoms with van der Waals surface area (Å²) in [5.74, 6) is 0.397. The van der Waals surface area contributed by atoms with Gasteiger partial charge >= 0.3 is 0 Å². The third kappa shape index (κ3) is 4.29. The highest BCUT2D eigenvalue weighted by atomic mass is 35.5. The average molecular weight is 258 g/mol. The molecule has 3 heteroatoms. The Hall–Kier alpha value is -0.600. The van der Waals surface area contributed by atoms with Crippen LogP contribution in [0.25, 0.3) is 0 Å². The van der Waals surface area contributed by atoms with E-state index in [1.807, 2.05) is 7.05 Å². The predicted octanol–water partition coefficient (Wildman–Crippen LogP) is 4.57. The van der Waals surface area contributed by atoms with Crippen LogP contribution in [0.5, 0.6) is 0 Å². The molecule has 96 valence electrons. The summed E-state index contributed by atoms with van der Waals surface area (Å²) < 4.78 is 13.7. The molecule has 0 spiro atoms. The van der Waals surface area contributed by atoms with E-state index in [9.17, 15) is 4.39 Å². The molecular formula is C14H21ClFN. The molecule has 1 rings (SSSR count). The highest BCUT2D eigenvalue weighted by Crippen LogP contribution is 2.27. The molecule has 0 aliphatic rings. The Morgan fingerprint density at radius 3 is 2.71 bits per heavy atom. The lowest BCUT2D eigenvalue weighted by atomic mass is 9.93. The average Bonchev–Trinajstić information content (AvgIpc) is 2.30. The van der Waals surface area contributed by atoms with Crippen molar-refractivity contribution < 1.29 is 4.39 Å². The fourth-order valence-corrected chi connectivity index (χ4v) is 2.38. The molecule has 1 aromatic rings. The van der Waals surface area contributed by atoms with Crippen LogP contribution in [0, 0.1) is 11.7 Å². The van der Waals surface area contributed by atoms with Crippen LogP contribution in [0.2, 0.25) is 5.02 Å². The van der Waals surface area contributed by atoms with Crippen LogP contribution in [-0.4, -0.2) is 7.05 Å². The van der Waals surface area contributed by atoms with Crippen LogP contribution in [0.4, 0.5) is 4.39 Å². The van der Waals surface area contributed by atoms with Crippen molar-refractivity contribution in [1.82, 2.24) is 5.32 Å². The van der Waals surface area contributed by atoms with E-state index in [2.05, 4.69) is 19.2 Å². The standard InChI is InChI=1S/C14H21ClFN/c1-4-5-10(2)8-14(17-3)12-9-11(15)6-7-13(12)16/h6-7,9-10,14,17H,4-5,8H2,1-3H3. The topological polar surface area (TPSA) is 12.0 Å². The van der Waals surface area contributed by atoms with Gasteiger partial charge in [-0.3, -0.25) is 0 Å². The third-order valence-corrected chi connectivity index (χ3v) is 3.34. The maximum Gasteiger partial charge on any atom is 0.128 e.